The summed E-state index contributed by atoms with van der Waals surface area (Å²) in [6.07, 6.45) is 1.87. The van der Waals surface area contributed by atoms with E-state index in [0.717, 1.165) is 33.7 Å². The first kappa shape index (κ1) is 23.6. The molecular formula is C26H20ClFN2O3S. The van der Waals surface area contributed by atoms with Gasteiger partial charge in [-0.05, 0) is 64.9 Å². The van der Waals surface area contributed by atoms with Gasteiger partial charge in [-0.15, -0.1) is 11.3 Å². The molecule has 2 N–H and O–H groups in total. The van der Waals surface area contributed by atoms with E-state index in [2.05, 4.69) is 10.1 Å². The molecule has 0 amide bonds. The van der Waals surface area contributed by atoms with Gasteiger partial charge in [-0.2, -0.15) is 0 Å². The van der Waals surface area contributed by atoms with Crippen LogP contribution >= 0.6 is 22.9 Å². The highest BCUT2D eigenvalue weighted by Crippen LogP contribution is 2.34. The number of carboxylic acids is 1. The zero-order valence-corrected chi connectivity index (χ0v) is 19.6. The summed E-state index contributed by atoms with van der Waals surface area (Å²) in [5.41, 5.74) is 4.76. The lowest BCUT2D eigenvalue weighted by Crippen LogP contribution is -2.12. The van der Waals surface area contributed by atoms with E-state index < -0.39 is 17.7 Å². The van der Waals surface area contributed by atoms with Crippen LogP contribution in [0.25, 0.3) is 11.1 Å². The number of pyridine rings is 1. The SMILES string of the molecule is Cc1cc(/C(CC(c2ccc(-c3csc(C(=O)O)c3)cc2)c2ccc(Cl)cc2F)=N\O)ccn1. The predicted octanol–water partition coefficient (Wildman–Crippen LogP) is 7.01. The lowest BCUT2D eigenvalue weighted by molar-refractivity contribution is 0.0702. The number of hydrogen-bond donors (Lipinski definition) is 2. The summed E-state index contributed by atoms with van der Waals surface area (Å²) >= 11 is 7.14. The lowest BCUT2D eigenvalue weighted by Gasteiger charge is -2.20. The molecular weight excluding hydrogens is 475 g/mol. The second-order valence-electron chi connectivity index (χ2n) is 7.78. The fourth-order valence-electron chi connectivity index (χ4n) is 3.83. The van der Waals surface area contributed by atoms with Crippen LogP contribution in [0.4, 0.5) is 4.39 Å². The van der Waals surface area contributed by atoms with Crippen molar-refractivity contribution in [1.82, 2.24) is 4.98 Å². The monoisotopic (exact) mass is 494 g/mol. The molecule has 4 aromatic rings. The molecule has 1 atom stereocenters. The molecule has 2 heterocycles. The molecule has 0 aliphatic heterocycles. The number of nitrogens with zero attached hydrogens (tertiary/aromatic N) is 2. The van der Waals surface area contributed by atoms with Crippen LogP contribution in [0, 0.1) is 12.7 Å². The molecule has 0 aliphatic carbocycles. The average Bonchev–Trinajstić information content (AvgIpc) is 3.32. The summed E-state index contributed by atoms with van der Waals surface area (Å²) in [5.74, 6) is -1.87. The van der Waals surface area contributed by atoms with Crippen molar-refractivity contribution in [1.29, 1.82) is 0 Å². The van der Waals surface area contributed by atoms with Crippen LogP contribution in [0.2, 0.25) is 5.02 Å². The van der Waals surface area contributed by atoms with E-state index in [9.17, 15) is 19.5 Å². The van der Waals surface area contributed by atoms with Crippen molar-refractivity contribution in [3.05, 3.63) is 110 Å². The molecule has 8 heteroatoms. The molecule has 2 aromatic carbocycles. The first-order valence-electron chi connectivity index (χ1n) is 10.4. The molecule has 1 unspecified atom stereocenters. The van der Waals surface area contributed by atoms with Crippen LogP contribution in [-0.4, -0.2) is 27.0 Å². The third-order valence-electron chi connectivity index (χ3n) is 5.54. The number of rotatable bonds is 7. The fraction of sp³-hybridized carbons (Fsp3) is 0.115. The molecule has 0 bridgehead atoms. The van der Waals surface area contributed by atoms with Crippen molar-refractivity contribution in [2.75, 3.05) is 0 Å². The minimum Gasteiger partial charge on any atom is -0.477 e. The minimum absolute atomic E-state index is 0.236. The maximum Gasteiger partial charge on any atom is 0.345 e. The highest BCUT2D eigenvalue weighted by Gasteiger charge is 2.22. The number of aromatic carboxylic acids is 1. The van der Waals surface area contributed by atoms with Crippen LogP contribution in [0.1, 0.15) is 44.4 Å². The molecule has 172 valence electrons. The van der Waals surface area contributed by atoms with Gasteiger partial charge in [-0.3, -0.25) is 4.98 Å². The van der Waals surface area contributed by atoms with E-state index in [-0.39, 0.29) is 11.3 Å². The highest BCUT2D eigenvalue weighted by atomic mass is 35.5. The van der Waals surface area contributed by atoms with Gasteiger partial charge in [0.05, 0.1) is 5.71 Å². The largest absolute Gasteiger partial charge is 0.477 e. The van der Waals surface area contributed by atoms with Gasteiger partial charge in [-0.25, -0.2) is 9.18 Å². The summed E-state index contributed by atoms with van der Waals surface area (Å²) in [4.78, 5) is 15.6. The van der Waals surface area contributed by atoms with E-state index in [0.29, 0.717) is 21.9 Å². The Balaban J connectivity index is 1.72. The molecule has 0 fully saturated rings. The van der Waals surface area contributed by atoms with Crippen molar-refractivity contribution in [3.63, 3.8) is 0 Å². The minimum atomic E-state index is -0.965. The number of carboxylic acid groups (broad SMARTS) is 1. The van der Waals surface area contributed by atoms with Crippen molar-refractivity contribution in [3.8, 4) is 11.1 Å². The average molecular weight is 495 g/mol. The smallest absolute Gasteiger partial charge is 0.345 e. The maximum absolute atomic E-state index is 15.0. The zero-order valence-electron chi connectivity index (χ0n) is 18.1. The van der Waals surface area contributed by atoms with Crippen LogP contribution < -0.4 is 0 Å². The highest BCUT2D eigenvalue weighted by molar-refractivity contribution is 7.12. The quantitative estimate of drug-likeness (QED) is 0.164. The van der Waals surface area contributed by atoms with Gasteiger partial charge in [-0.1, -0.05) is 47.1 Å². The second-order valence-corrected chi connectivity index (χ2v) is 9.13. The number of aromatic nitrogens is 1. The second kappa shape index (κ2) is 10.2. The number of oxime groups is 1. The van der Waals surface area contributed by atoms with Crippen molar-refractivity contribution in [2.45, 2.75) is 19.3 Å². The third-order valence-corrected chi connectivity index (χ3v) is 6.70. The lowest BCUT2D eigenvalue weighted by atomic mass is 9.84. The molecule has 34 heavy (non-hydrogen) atoms. The topological polar surface area (TPSA) is 82.8 Å². The summed E-state index contributed by atoms with van der Waals surface area (Å²) in [6, 6.07) is 17.2. The molecule has 0 saturated heterocycles. The number of benzene rings is 2. The summed E-state index contributed by atoms with van der Waals surface area (Å²) < 4.78 is 15.0. The molecule has 2 aromatic heterocycles. The van der Waals surface area contributed by atoms with Crippen LogP contribution in [0.3, 0.4) is 0 Å². The zero-order chi connectivity index (χ0) is 24.2. The van der Waals surface area contributed by atoms with Gasteiger partial charge in [0.1, 0.15) is 10.7 Å². The van der Waals surface area contributed by atoms with Crippen molar-refractivity contribution >= 4 is 34.6 Å². The normalized spacial score (nSPS) is 12.5. The van der Waals surface area contributed by atoms with Crippen molar-refractivity contribution < 1.29 is 19.5 Å². The Kier molecular flexibility index (Phi) is 7.05. The Bertz CT molecular complexity index is 1370. The van der Waals surface area contributed by atoms with Crippen LogP contribution in [-0.2, 0) is 0 Å². The Morgan fingerprint density at radius 3 is 2.50 bits per heavy atom. The summed E-state index contributed by atoms with van der Waals surface area (Å²) in [7, 11) is 0. The Morgan fingerprint density at radius 2 is 1.88 bits per heavy atom. The molecule has 4 rings (SSSR count). The maximum atomic E-state index is 15.0. The number of thiophene rings is 1. The van der Waals surface area contributed by atoms with E-state index in [1.807, 2.05) is 37.3 Å². The van der Waals surface area contributed by atoms with Crippen LogP contribution in [0.5, 0.6) is 0 Å². The molecule has 0 radical (unpaired) electrons. The molecule has 5 nitrogen and oxygen atoms in total. The van der Waals surface area contributed by atoms with Gasteiger partial charge >= 0.3 is 5.97 Å². The Hall–Kier alpha value is -3.55. The van der Waals surface area contributed by atoms with Gasteiger partial charge in [0.15, 0.2) is 0 Å². The predicted molar refractivity (Wildman–Crippen MR) is 132 cm³/mol. The summed E-state index contributed by atoms with van der Waals surface area (Å²) in [6.45, 7) is 1.84. The van der Waals surface area contributed by atoms with Crippen molar-refractivity contribution in [2.24, 2.45) is 5.16 Å². The van der Waals surface area contributed by atoms with E-state index >= 15 is 0 Å². The molecule has 0 aliphatic rings. The number of hydrogen-bond acceptors (Lipinski definition) is 5. The van der Waals surface area contributed by atoms with Gasteiger partial charge in [0.25, 0.3) is 0 Å². The van der Waals surface area contributed by atoms with E-state index in [4.69, 9.17) is 11.6 Å². The molecule has 0 saturated carbocycles. The number of halogens is 2. The standard InChI is InChI=1S/C26H20ClFN2O3S/c1-15-10-18(8-9-29-15)24(30-33)13-22(21-7-6-20(27)12-23(21)28)17-4-2-16(3-5-17)19-11-25(26(31)32)34-14-19/h2-12,14,22,33H,13H2,1H3,(H,31,32)/b30-24-. The Labute approximate surface area is 204 Å². The van der Waals surface area contributed by atoms with Gasteiger partial charge in [0.2, 0.25) is 0 Å². The molecule has 0 spiro atoms. The fourth-order valence-corrected chi connectivity index (χ4v) is 4.75. The first-order valence-corrected chi connectivity index (χ1v) is 11.6. The first-order chi connectivity index (χ1) is 16.4. The number of carbonyl (C=O) groups is 1. The summed E-state index contributed by atoms with van der Waals surface area (Å²) in [5, 5.41) is 24.5. The van der Waals surface area contributed by atoms with Gasteiger partial charge < -0.3 is 10.3 Å². The van der Waals surface area contributed by atoms with Crippen LogP contribution in [0.15, 0.2) is 77.4 Å². The van der Waals surface area contributed by atoms with E-state index in [1.54, 1.807) is 35.8 Å². The third kappa shape index (κ3) is 5.16. The van der Waals surface area contributed by atoms with E-state index in [1.165, 1.54) is 6.07 Å². The number of aryl methyl sites for hydroxylation is 1. The Morgan fingerprint density at radius 1 is 1.12 bits per heavy atom. The van der Waals surface area contributed by atoms with Gasteiger partial charge in [0, 0.05) is 34.8 Å².